The molecule has 1 amide bonds. The summed E-state index contributed by atoms with van der Waals surface area (Å²) in [6.45, 7) is 2.35. The van der Waals surface area contributed by atoms with Gasteiger partial charge in [0, 0.05) is 12.6 Å². The third kappa shape index (κ3) is 4.31. The molecule has 1 aliphatic rings. The van der Waals surface area contributed by atoms with E-state index in [9.17, 15) is 4.79 Å². The van der Waals surface area contributed by atoms with Gasteiger partial charge in [-0.3, -0.25) is 4.79 Å². The summed E-state index contributed by atoms with van der Waals surface area (Å²) in [5.41, 5.74) is 1.53. The van der Waals surface area contributed by atoms with Crippen molar-refractivity contribution in [1.82, 2.24) is 5.32 Å². The molecule has 0 bridgehead atoms. The van der Waals surface area contributed by atoms with E-state index in [0.717, 1.165) is 5.56 Å². The number of rotatable bonds is 7. The van der Waals surface area contributed by atoms with Gasteiger partial charge in [-0.1, -0.05) is 17.7 Å². The first-order chi connectivity index (χ1) is 13.0. The van der Waals surface area contributed by atoms with E-state index in [1.54, 1.807) is 19.1 Å². The molecule has 0 radical (unpaired) electrons. The maximum atomic E-state index is 12.4. The number of carbonyl (C=O) groups excluding carboxylic acids is 1. The van der Waals surface area contributed by atoms with E-state index in [-0.39, 0.29) is 12.7 Å². The largest absolute Gasteiger partial charge is 0.495 e. The second kappa shape index (κ2) is 8.26. The van der Waals surface area contributed by atoms with Gasteiger partial charge in [-0.2, -0.15) is 0 Å². The molecule has 0 saturated heterocycles. The molecule has 2 N–H and O–H groups in total. The van der Waals surface area contributed by atoms with Crippen LogP contribution in [-0.2, 0) is 11.3 Å². The van der Waals surface area contributed by atoms with Gasteiger partial charge in [0.25, 0.3) is 0 Å². The smallest absolute Gasteiger partial charge is 0.242 e. The van der Waals surface area contributed by atoms with Gasteiger partial charge in [0.05, 0.1) is 24.9 Å². The number of carbonyl (C=O) groups is 1. The van der Waals surface area contributed by atoms with Crippen LogP contribution in [0.1, 0.15) is 12.5 Å². The predicted molar refractivity (Wildman–Crippen MR) is 102 cm³/mol. The van der Waals surface area contributed by atoms with Crippen LogP contribution < -0.4 is 29.6 Å². The highest BCUT2D eigenvalue weighted by Crippen LogP contribution is 2.36. The standard InChI is InChI=1S/C19H21ClN2O5/c1-11(22-14-7-13(20)16(24-2)8-17(14)25-3)19(23)21-9-12-4-5-15-18(6-12)27-10-26-15/h4-8,11,22H,9-10H2,1-3H3,(H,21,23)/t11-/m1/s1. The van der Waals surface area contributed by atoms with E-state index >= 15 is 0 Å². The lowest BCUT2D eigenvalue weighted by atomic mass is 10.2. The van der Waals surface area contributed by atoms with Crippen molar-refractivity contribution in [3.8, 4) is 23.0 Å². The summed E-state index contributed by atoms with van der Waals surface area (Å²) in [5.74, 6) is 2.27. The van der Waals surface area contributed by atoms with Crippen molar-refractivity contribution in [1.29, 1.82) is 0 Å². The zero-order valence-electron chi connectivity index (χ0n) is 15.3. The summed E-state index contributed by atoms with van der Waals surface area (Å²) < 4.78 is 21.1. The third-order valence-electron chi connectivity index (χ3n) is 4.14. The molecule has 144 valence electrons. The second-order valence-electron chi connectivity index (χ2n) is 5.96. The molecule has 1 atom stereocenters. The van der Waals surface area contributed by atoms with E-state index in [2.05, 4.69) is 10.6 Å². The molecule has 2 aromatic carbocycles. The molecule has 0 aromatic heterocycles. The number of nitrogens with one attached hydrogen (secondary N) is 2. The summed E-state index contributed by atoms with van der Waals surface area (Å²) in [4.78, 5) is 12.4. The predicted octanol–water partition coefficient (Wildman–Crippen LogP) is 3.20. The van der Waals surface area contributed by atoms with Gasteiger partial charge in [0.15, 0.2) is 11.5 Å². The zero-order chi connectivity index (χ0) is 19.4. The molecule has 1 heterocycles. The maximum absolute atomic E-state index is 12.4. The lowest BCUT2D eigenvalue weighted by Crippen LogP contribution is -2.37. The van der Waals surface area contributed by atoms with Crippen LogP contribution in [0.4, 0.5) is 5.69 Å². The maximum Gasteiger partial charge on any atom is 0.242 e. The summed E-state index contributed by atoms with van der Waals surface area (Å²) in [6, 6.07) is 8.40. The molecule has 0 aliphatic carbocycles. The Kier molecular flexibility index (Phi) is 5.81. The Balaban J connectivity index is 1.61. The van der Waals surface area contributed by atoms with Crippen molar-refractivity contribution >= 4 is 23.2 Å². The monoisotopic (exact) mass is 392 g/mol. The fourth-order valence-corrected chi connectivity index (χ4v) is 2.91. The first kappa shape index (κ1) is 19.0. The van der Waals surface area contributed by atoms with Crippen LogP contribution >= 0.6 is 11.6 Å². The average molecular weight is 393 g/mol. The Labute approximate surface area is 162 Å². The molecule has 2 aromatic rings. The minimum Gasteiger partial charge on any atom is -0.495 e. The molecule has 0 unspecified atom stereocenters. The van der Waals surface area contributed by atoms with Crippen molar-refractivity contribution < 1.29 is 23.7 Å². The minimum atomic E-state index is -0.502. The number of hydrogen-bond donors (Lipinski definition) is 2. The van der Waals surface area contributed by atoms with Crippen molar-refractivity contribution in [2.75, 3.05) is 26.3 Å². The lowest BCUT2D eigenvalue weighted by Gasteiger charge is -2.18. The zero-order valence-corrected chi connectivity index (χ0v) is 16.1. The average Bonchev–Trinajstić information content (AvgIpc) is 3.14. The first-order valence-corrected chi connectivity index (χ1v) is 8.74. The molecule has 27 heavy (non-hydrogen) atoms. The minimum absolute atomic E-state index is 0.165. The molecule has 1 aliphatic heterocycles. The van der Waals surface area contributed by atoms with Gasteiger partial charge in [-0.05, 0) is 30.7 Å². The Morgan fingerprint density at radius 1 is 1.15 bits per heavy atom. The molecule has 8 heteroatoms. The van der Waals surface area contributed by atoms with Crippen molar-refractivity contribution in [3.63, 3.8) is 0 Å². The van der Waals surface area contributed by atoms with Crippen LogP contribution in [0.5, 0.6) is 23.0 Å². The van der Waals surface area contributed by atoms with Gasteiger partial charge in [-0.25, -0.2) is 0 Å². The lowest BCUT2D eigenvalue weighted by molar-refractivity contribution is -0.121. The molecular formula is C19H21ClN2O5. The number of hydrogen-bond acceptors (Lipinski definition) is 6. The van der Waals surface area contributed by atoms with Crippen molar-refractivity contribution in [2.45, 2.75) is 19.5 Å². The number of fused-ring (bicyclic) bond motifs is 1. The molecule has 0 fully saturated rings. The Morgan fingerprint density at radius 3 is 2.63 bits per heavy atom. The van der Waals surface area contributed by atoms with Gasteiger partial charge >= 0.3 is 0 Å². The van der Waals surface area contributed by atoms with E-state index in [4.69, 9.17) is 30.5 Å². The normalized spacial score (nSPS) is 13.0. The first-order valence-electron chi connectivity index (χ1n) is 8.36. The van der Waals surface area contributed by atoms with Crippen LogP contribution in [0.15, 0.2) is 30.3 Å². The fourth-order valence-electron chi connectivity index (χ4n) is 2.66. The highest BCUT2D eigenvalue weighted by atomic mass is 35.5. The summed E-state index contributed by atoms with van der Waals surface area (Å²) in [7, 11) is 3.07. The molecule has 0 saturated carbocycles. The molecule has 0 spiro atoms. The SMILES string of the molecule is COc1cc(OC)c(N[C@H](C)C(=O)NCc2ccc3c(c2)OCO3)cc1Cl. The van der Waals surface area contributed by atoms with Gasteiger partial charge in [0.2, 0.25) is 12.7 Å². The quantitative estimate of drug-likeness (QED) is 0.753. The van der Waals surface area contributed by atoms with Crippen molar-refractivity contribution in [3.05, 3.63) is 40.9 Å². The van der Waals surface area contributed by atoms with Crippen LogP contribution in [0.25, 0.3) is 0 Å². The van der Waals surface area contributed by atoms with Crippen LogP contribution in [0.3, 0.4) is 0 Å². The number of ether oxygens (including phenoxy) is 4. The Morgan fingerprint density at radius 2 is 1.89 bits per heavy atom. The molecule has 3 rings (SSSR count). The van der Waals surface area contributed by atoms with Crippen LogP contribution in [0.2, 0.25) is 5.02 Å². The van der Waals surface area contributed by atoms with E-state index in [1.807, 2.05) is 18.2 Å². The van der Waals surface area contributed by atoms with Crippen LogP contribution in [-0.4, -0.2) is 33.0 Å². The highest BCUT2D eigenvalue weighted by molar-refractivity contribution is 6.32. The molecule has 7 nitrogen and oxygen atoms in total. The fraction of sp³-hybridized carbons (Fsp3) is 0.316. The van der Waals surface area contributed by atoms with Gasteiger partial charge < -0.3 is 29.6 Å². The van der Waals surface area contributed by atoms with Gasteiger partial charge in [0.1, 0.15) is 17.5 Å². The topological polar surface area (TPSA) is 78.1 Å². The second-order valence-corrected chi connectivity index (χ2v) is 6.37. The molecular weight excluding hydrogens is 372 g/mol. The number of halogens is 1. The van der Waals surface area contributed by atoms with Crippen molar-refractivity contribution in [2.24, 2.45) is 0 Å². The number of amides is 1. The number of benzene rings is 2. The highest BCUT2D eigenvalue weighted by Gasteiger charge is 2.18. The number of methoxy groups -OCH3 is 2. The number of anilines is 1. The van der Waals surface area contributed by atoms with E-state index < -0.39 is 6.04 Å². The summed E-state index contributed by atoms with van der Waals surface area (Å²) in [5, 5.41) is 6.42. The summed E-state index contributed by atoms with van der Waals surface area (Å²) >= 11 is 6.17. The third-order valence-corrected chi connectivity index (χ3v) is 4.44. The van der Waals surface area contributed by atoms with Crippen LogP contribution in [0, 0.1) is 0 Å². The Bertz CT molecular complexity index is 843. The summed E-state index contributed by atoms with van der Waals surface area (Å²) in [6.07, 6.45) is 0. The van der Waals surface area contributed by atoms with E-state index in [1.165, 1.54) is 14.2 Å². The Hall–Kier alpha value is -2.80. The van der Waals surface area contributed by atoms with Gasteiger partial charge in [-0.15, -0.1) is 0 Å². The van der Waals surface area contributed by atoms with E-state index in [0.29, 0.717) is 40.3 Å².